The van der Waals surface area contributed by atoms with Crippen LogP contribution in [0.3, 0.4) is 0 Å². The van der Waals surface area contributed by atoms with Crippen LogP contribution in [0.2, 0.25) is 0 Å². The number of aliphatic hydroxyl groups is 1. The van der Waals surface area contributed by atoms with Crippen molar-refractivity contribution in [1.82, 2.24) is 29.5 Å². The predicted molar refractivity (Wildman–Crippen MR) is 123 cm³/mol. The van der Waals surface area contributed by atoms with Gasteiger partial charge in [0.1, 0.15) is 17.0 Å². The Kier molecular flexibility index (Phi) is 4.67. The first-order chi connectivity index (χ1) is 15.3. The zero-order valence-corrected chi connectivity index (χ0v) is 18.6. The largest absolute Gasteiger partial charge is 0.388 e. The molecule has 1 amide bonds. The van der Waals surface area contributed by atoms with Gasteiger partial charge >= 0.3 is 0 Å². The summed E-state index contributed by atoms with van der Waals surface area (Å²) in [6.45, 7) is 5.97. The second kappa shape index (κ2) is 7.30. The molecule has 1 aliphatic rings. The summed E-state index contributed by atoms with van der Waals surface area (Å²) in [5.74, 6) is 0.428. The molecule has 0 unspecified atom stereocenters. The Hall–Kier alpha value is -3.46. The van der Waals surface area contributed by atoms with E-state index >= 15 is 0 Å². The Labute approximate surface area is 185 Å². The van der Waals surface area contributed by atoms with Crippen LogP contribution in [0.4, 0.5) is 5.82 Å². The summed E-state index contributed by atoms with van der Waals surface area (Å²) >= 11 is 0. The van der Waals surface area contributed by atoms with Gasteiger partial charge in [-0.05, 0) is 45.7 Å². The van der Waals surface area contributed by atoms with E-state index in [9.17, 15) is 9.90 Å². The molecule has 4 heterocycles. The first kappa shape index (κ1) is 20.4. The number of rotatable bonds is 5. The van der Waals surface area contributed by atoms with Gasteiger partial charge in [0.05, 0.1) is 23.5 Å². The second-order valence-corrected chi connectivity index (χ2v) is 8.91. The lowest BCUT2D eigenvalue weighted by atomic mass is 9.76. The summed E-state index contributed by atoms with van der Waals surface area (Å²) in [5.41, 5.74) is 2.51. The lowest BCUT2D eigenvalue weighted by Crippen LogP contribution is -2.58. The van der Waals surface area contributed by atoms with Crippen molar-refractivity contribution < 1.29 is 9.90 Å². The molecule has 0 aliphatic heterocycles. The van der Waals surface area contributed by atoms with Crippen LogP contribution in [0.25, 0.3) is 27.9 Å². The van der Waals surface area contributed by atoms with Crippen LogP contribution in [0.5, 0.6) is 0 Å². The van der Waals surface area contributed by atoms with Crippen LogP contribution in [0.1, 0.15) is 50.0 Å². The fourth-order valence-corrected chi connectivity index (χ4v) is 4.29. The first-order valence-electron chi connectivity index (χ1n) is 10.9. The molecule has 0 aromatic carbocycles. The Morgan fingerprint density at radius 3 is 2.81 bits per heavy atom. The second-order valence-electron chi connectivity index (χ2n) is 8.91. The molecule has 0 saturated heterocycles. The highest BCUT2D eigenvalue weighted by atomic mass is 16.3. The number of pyridine rings is 1. The van der Waals surface area contributed by atoms with Crippen molar-refractivity contribution in [3.05, 3.63) is 42.4 Å². The average Bonchev–Trinajstić information content (AvgIpc) is 3.38. The number of nitrogens with one attached hydrogen (secondary N) is 2. The van der Waals surface area contributed by atoms with Gasteiger partial charge in [-0.1, -0.05) is 0 Å². The molecule has 166 valence electrons. The van der Waals surface area contributed by atoms with Gasteiger partial charge in [-0.25, -0.2) is 9.97 Å². The monoisotopic (exact) mass is 433 g/mol. The third-order valence-electron chi connectivity index (χ3n) is 6.39. The van der Waals surface area contributed by atoms with Crippen molar-refractivity contribution >= 4 is 28.4 Å². The van der Waals surface area contributed by atoms with Crippen molar-refractivity contribution in [3.63, 3.8) is 0 Å². The fraction of sp³-hybridized carbons (Fsp3) is 0.391. The minimum atomic E-state index is -0.876. The van der Waals surface area contributed by atoms with Crippen molar-refractivity contribution in [1.29, 1.82) is 0 Å². The summed E-state index contributed by atoms with van der Waals surface area (Å²) < 4.78 is 3.75. The molecule has 4 aromatic rings. The van der Waals surface area contributed by atoms with Gasteiger partial charge in [-0.2, -0.15) is 9.61 Å². The Morgan fingerprint density at radius 1 is 1.34 bits per heavy atom. The molecule has 5 rings (SSSR count). The maximum atomic E-state index is 13.0. The van der Waals surface area contributed by atoms with E-state index in [4.69, 9.17) is 4.98 Å². The standard InChI is InChI=1S/C23H27N7O2/c1-13(2)29-12-16(14-6-5-9-25-20(14)29)17-10-19(24-4)30-21(27-17)15(11-26-30)22(31)28-18-7-8-23(18,3)32/h5-6,9-13,18,24,32H,7-8H2,1-4H3,(H,28,31)/t18-,23+/m1/s1. The highest BCUT2D eigenvalue weighted by Gasteiger charge is 2.42. The number of hydrogen-bond acceptors (Lipinski definition) is 6. The Bertz CT molecular complexity index is 1340. The quantitative estimate of drug-likeness (QED) is 0.446. The maximum Gasteiger partial charge on any atom is 0.257 e. The number of carbonyl (C=O) groups excluding carboxylic acids is 1. The van der Waals surface area contributed by atoms with E-state index < -0.39 is 5.60 Å². The molecule has 3 N–H and O–H groups in total. The molecule has 0 spiro atoms. The van der Waals surface area contributed by atoms with Crippen LogP contribution in [-0.4, -0.2) is 53.9 Å². The third-order valence-corrected chi connectivity index (χ3v) is 6.39. The third kappa shape index (κ3) is 3.12. The number of fused-ring (bicyclic) bond motifs is 2. The van der Waals surface area contributed by atoms with Crippen molar-refractivity contribution in [2.75, 3.05) is 12.4 Å². The molecule has 9 nitrogen and oxygen atoms in total. The van der Waals surface area contributed by atoms with E-state index in [1.165, 1.54) is 6.20 Å². The molecule has 1 saturated carbocycles. The summed E-state index contributed by atoms with van der Waals surface area (Å²) in [7, 11) is 1.81. The number of hydrogen-bond donors (Lipinski definition) is 3. The summed E-state index contributed by atoms with van der Waals surface area (Å²) in [6.07, 6.45) is 6.79. The van der Waals surface area contributed by atoms with Gasteiger partial charge < -0.3 is 20.3 Å². The Balaban J connectivity index is 1.64. The van der Waals surface area contributed by atoms with E-state index in [1.54, 1.807) is 17.6 Å². The smallest absolute Gasteiger partial charge is 0.257 e. The topological polar surface area (TPSA) is 109 Å². The molecule has 1 fully saturated rings. The van der Waals surface area contributed by atoms with Crippen molar-refractivity contribution in [3.8, 4) is 11.3 Å². The van der Waals surface area contributed by atoms with E-state index in [-0.39, 0.29) is 18.0 Å². The number of carbonyl (C=O) groups is 1. The minimum Gasteiger partial charge on any atom is -0.388 e. The van der Waals surface area contributed by atoms with Crippen LogP contribution in [0, 0.1) is 0 Å². The van der Waals surface area contributed by atoms with Crippen LogP contribution < -0.4 is 10.6 Å². The number of anilines is 1. The van der Waals surface area contributed by atoms with Gasteiger partial charge in [0.25, 0.3) is 5.91 Å². The Morgan fingerprint density at radius 2 is 2.16 bits per heavy atom. The van der Waals surface area contributed by atoms with Gasteiger partial charge in [0.15, 0.2) is 5.65 Å². The highest BCUT2D eigenvalue weighted by molar-refractivity contribution is 6.01. The van der Waals surface area contributed by atoms with Crippen LogP contribution >= 0.6 is 0 Å². The number of amides is 1. The zero-order chi connectivity index (χ0) is 22.6. The molecule has 9 heteroatoms. The van der Waals surface area contributed by atoms with E-state index in [0.29, 0.717) is 23.4 Å². The molecular weight excluding hydrogens is 406 g/mol. The summed E-state index contributed by atoms with van der Waals surface area (Å²) in [6, 6.07) is 5.83. The van der Waals surface area contributed by atoms with E-state index in [1.807, 2.05) is 25.2 Å². The molecule has 4 aromatic heterocycles. The average molecular weight is 434 g/mol. The molecule has 2 atom stereocenters. The molecule has 0 radical (unpaired) electrons. The van der Waals surface area contributed by atoms with Gasteiger partial charge in [-0.15, -0.1) is 0 Å². The minimum absolute atomic E-state index is 0.236. The van der Waals surface area contributed by atoms with Crippen molar-refractivity contribution in [2.45, 2.75) is 51.3 Å². The number of nitrogens with zero attached hydrogens (tertiary/aromatic N) is 5. The highest BCUT2D eigenvalue weighted by Crippen LogP contribution is 2.33. The van der Waals surface area contributed by atoms with Crippen molar-refractivity contribution in [2.24, 2.45) is 0 Å². The normalized spacial score (nSPS) is 20.6. The summed E-state index contributed by atoms with van der Waals surface area (Å²) in [5, 5.41) is 21.7. The summed E-state index contributed by atoms with van der Waals surface area (Å²) in [4.78, 5) is 22.4. The van der Waals surface area contributed by atoms with Gasteiger partial charge in [0.2, 0.25) is 0 Å². The predicted octanol–water partition coefficient (Wildman–Crippen LogP) is 3.01. The fourth-order valence-electron chi connectivity index (χ4n) is 4.29. The zero-order valence-electron chi connectivity index (χ0n) is 18.6. The molecule has 32 heavy (non-hydrogen) atoms. The van der Waals surface area contributed by atoms with E-state index in [2.05, 4.69) is 45.3 Å². The maximum absolute atomic E-state index is 13.0. The lowest BCUT2D eigenvalue weighted by Gasteiger charge is -2.42. The molecule has 0 bridgehead atoms. The van der Waals surface area contributed by atoms with Crippen LogP contribution in [-0.2, 0) is 0 Å². The van der Waals surface area contributed by atoms with Gasteiger partial charge in [0, 0.05) is 42.5 Å². The SMILES string of the molecule is CNc1cc(-c2cn(C(C)C)c3ncccc23)nc2c(C(=O)N[C@@H]3CC[C@]3(C)O)cnn12. The lowest BCUT2D eigenvalue weighted by molar-refractivity contribution is -0.0486. The van der Waals surface area contributed by atoms with Crippen LogP contribution in [0.15, 0.2) is 36.8 Å². The first-order valence-corrected chi connectivity index (χ1v) is 10.9. The molecular formula is C23H27N7O2. The molecule has 1 aliphatic carbocycles. The van der Waals surface area contributed by atoms with E-state index in [0.717, 1.165) is 28.7 Å². The van der Waals surface area contributed by atoms with Gasteiger partial charge in [-0.3, -0.25) is 4.79 Å². The number of aromatic nitrogens is 5.